The molecule has 3 rings (SSSR count). The van der Waals surface area contributed by atoms with E-state index in [-0.39, 0.29) is 0 Å². The molecule has 0 aliphatic rings. The Morgan fingerprint density at radius 1 is 0.889 bits per heavy atom. The molecular weight excluding hydrogens is 326 g/mol. The molecule has 0 N–H and O–H groups in total. The maximum Gasteiger partial charge on any atom is 0.0493 e. The van der Waals surface area contributed by atoms with E-state index in [0.29, 0.717) is 0 Å². The van der Waals surface area contributed by atoms with Crippen LogP contribution in [0.5, 0.6) is 0 Å². The molecule has 0 aliphatic heterocycles. The van der Waals surface area contributed by atoms with Crippen molar-refractivity contribution >= 4 is 11.6 Å². The first kappa shape index (κ1) is 20.3. The summed E-state index contributed by atoms with van der Waals surface area (Å²) in [5.41, 5.74) is 10.5. The fraction of sp³-hybridized carbons (Fsp3) is 0.231. The van der Waals surface area contributed by atoms with Crippen LogP contribution < -0.4 is 0 Å². The number of hydrogen-bond acceptors (Lipinski definition) is 0. The average Bonchev–Trinajstić information content (AvgIpc) is 2.92. The molecule has 138 valence electrons. The third kappa shape index (κ3) is 4.23. The van der Waals surface area contributed by atoms with Gasteiger partial charge >= 0.3 is 0 Å². The number of aromatic nitrogens is 1. The Bertz CT molecular complexity index is 953. The van der Waals surface area contributed by atoms with E-state index in [9.17, 15) is 0 Å². The molecule has 0 saturated heterocycles. The van der Waals surface area contributed by atoms with E-state index >= 15 is 0 Å². The monoisotopic (exact) mass is 355 g/mol. The molecule has 0 fully saturated rings. The zero-order valence-electron chi connectivity index (χ0n) is 17.1. The maximum atomic E-state index is 4.00. The number of hydrogen-bond donors (Lipinski definition) is 0. The molecule has 0 unspecified atom stereocenters. The van der Waals surface area contributed by atoms with E-state index in [0.717, 1.165) is 6.42 Å². The van der Waals surface area contributed by atoms with Crippen molar-refractivity contribution in [3.05, 3.63) is 88.2 Å². The summed E-state index contributed by atoms with van der Waals surface area (Å²) in [7, 11) is 0. The quantitative estimate of drug-likeness (QED) is 0.448. The van der Waals surface area contributed by atoms with Crippen LogP contribution in [-0.2, 0) is 0 Å². The molecular formula is C26H29N. The molecule has 0 amide bonds. The van der Waals surface area contributed by atoms with Gasteiger partial charge in [-0.25, -0.2) is 0 Å². The lowest BCUT2D eigenvalue weighted by molar-refractivity contribution is 0.989. The van der Waals surface area contributed by atoms with Gasteiger partial charge in [-0.1, -0.05) is 49.4 Å². The fourth-order valence-electron chi connectivity index (χ4n) is 3.46. The van der Waals surface area contributed by atoms with Crippen LogP contribution in [0.3, 0.4) is 0 Å². The molecule has 1 aromatic heterocycles. The van der Waals surface area contributed by atoms with E-state index in [1.807, 2.05) is 0 Å². The number of rotatable bonds is 4. The van der Waals surface area contributed by atoms with Gasteiger partial charge < -0.3 is 4.57 Å². The molecule has 1 heteroatoms. The topological polar surface area (TPSA) is 4.93 Å². The van der Waals surface area contributed by atoms with Gasteiger partial charge in [-0.3, -0.25) is 0 Å². The van der Waals surface area contributed by atoms with E-state index in [1.54, 1.807) is 0 Å². The lowest BCUT2D eigenvalue weighted by Crippen LogP contribution is -2.00. The largest absolute Gasteiger partial charge is 0.314 e. The molecule has 1 heterocycles. The molecule has 27 heavy (non-hydrogen) atoms. The predicted octanol–water partition coefficient (Wildman–Crippen LogP) is 6.91. The Morgan fingerprint density at radius 3 is 2.15 bits per heavy atom. The highest BCUT2D eigenvalue weighted by molar-refractivity contribution is 5.82. The van der Waals surface area contributed by atoms with Crippen LogP contribution in [0.25, 0.3) is 17.3 Å². The SMILES string of the molecule is C#C.CC/C(=C\c1c(C)c(C)c(C)n1-c1cccc(C)c1)c1ccccc1. The molecule has 0 aliphatic carbocycles. The fourth-order valence-corrected chi connectivity index (χ4v) is 3.46. The number of benzene rings is 2. The van der Waals surface area contributed by atoms with Gasteiger partial charge in [-0.15, -0.1) is 12.8 Å². The molecule has 0 atom stereocenters. The summed E-state index contributed by atoms with van der Waals surface area (Å²) in [6.07, 6.45) is 11.4. The number of aryl methyl sites for hydroxylation is 1. The van der Waals surface area contributed by atoms with Gasteiger partial charge in [-0.2, -0.15) is 0 Å². The van der Waals surface area contributed by atoms with E-state index in [4.69, 9.17) is 0 Å². The first-order valence-corrected chi connectivity index (χ1v) is 9.37. The molecule has 0 saturated carbocycles. The maximum absolute atomic E-state index is 4.00. The summed E-state index contributed by atoms with van der Waals surface area (Å²) < 4.78 is 2.40. The lowest BCUT2D eigenvalue weighted by atomic mass is 10.0. The van der Waals surface area contributed by atoms with Gasteiger partial charge in [0.2, 0.25) is 0 Å². The average molecular weight is 356 g/mol. The van der Waals surface area contributed by atoms with Crippen LogP contribution in [-0.4, -0.2) is 4.57 Å². The molecule has 2 aromatic carbocycles. The summed E-state index contributed by atoms with van der Waals surface area (Å²) in [5, 5.41) is 0. The summed E-state index contributed by atoms with van der Waals surface area (Å²) in [5.74, 6) is 0. The molecule has 0 radical (unpaired) electrons. The second-order valence-corrected chi connectivity index (χ2v) is 6.78. The van der Waals surface area contributed by atoms with Crippen molar-refractivity contribution in [2.24, 2.45) is 0 Å². The van der Waals surface area contributed by atoms with Crippen molar-refractivity contribution in [3.8, 4) is 18.5 Å². The van der Waals surface area contributed by atoms with Crippen LogP contribution in [0.2, 0.25) is 0 Å². The van der Waals surface area contributed by atoms with Crippen LogP contribution in [0.4, 0.5) is 0 Å². The van der Waals surface area contributed by atoms with Crippen molar-refractivity contribution in [3.63, 3.8) is 0 Å². The van der Waals surface area contributed by atoms with Gasteiger partial charge in [0.1, 0.15) is 0 Å². The Hall–Kier alpha value is -2.98. The Balaban J connectivity index is 0.00000126. The minimum Gasteiger partial charge on any atom is -0.314 e. The van der Waals surface area contributed by atoms with E-state index in [1.165, 1.54) is 44.9 Å². The predicted molar refractivity (Wildman–Crippen MR) is 119 cm³/mol. The van der Waals surface area contributed by atoms with Gasteiger partial charge in [0.05, 0.1) is 0 Å². The molecule has 0 spiro atoms. The first-order valence-electron chi connectivity index (χ1n) is 9.37. The smallest absolute Gasteiger partial charge is 0.0493 e. The molecule has 0 bridgehead atoms. The van der Waals surface area contributed by atoms with E-state index < -0.39 is 0 Å². The zero-order chi connectivity index (χ0) is 20.0. The Morgan fingerprint density at radius 2 is 1.56 bits per heavy atom. The summed E-state index contributed by atoms with van der Waals surface area (Å²) in [6.45, 7) is 11.1. The third-order valence-electron chi connectivity index (χ3n) is 5.16. The molecule has 3 aromatic rings. The minimum atomic E-state index is 1.01. The van der Waals surface area contributed by atoms with Crippen LogP contribution in [0, 0.1) is 40.5 Å². The van der Waals surface area contributed by atoms with Crippen LogP contribution >= 0.6 is 0 Å². The van der Waals surface area contributed by atoms with Gasteiger partial charge in [0.25, 0.3) is 0 Å². The number of nitrogens with zero attached hydrogens (tertiary/aromatic N) is 1. The highest BCUT2D eigenvalue weighted by Gasteiger charge is 2.15. The zero-order valence-corrected chi connectivity index (χ0v) is 17.1. The minimum absolute atomic E-state index is 1.01. The van der Waals surface area contributed by atoms with Crippen molar-refractivity contribution in [2.75, 3.05) is 0 Å². The standard InChI is InChI=1S/C24H27N.C2H2/c1-6-21(22-12-8-7-9-13-22)16-24-19(4)18(3)20(5)25(24)23-14-10-11-17(2)15-23;1-2/h7-16H,6H2,1-5H3;1-2H/b21-16+;. The van der Waals surface area contributed by atoms with Crippen molar-refractivity contribution in [1.29, 1.82) is 0 Å². The highest BCUT2D eigenvalue weighted by atomic mass is 15.0. The second-order valence-electron chi connectivity index (χ2n) is 6.78. The highest BCUT2D eigenvalue weighted by Crippen LogP contribution is 2.30. The van der Waals surface area contributed by atoms with Crippen molar-refractivity contribution in [2.45, 2.75) is 41.0 Å². The molecule has 1 nitrogen and oxygen atoms in total. The van der Waals surface area contributed by atoms with Gasteiger partial charge in [0.15, 0.2) is 0 Å². The normalized spacial score (nSPS) is 11.0. The van der Waals surface area contributed by atoms with Crippen molar-refractivity contribution < 1.29 is 0 Å². The first-order chi connectivity index (χ1) is 13.0. The van der Waals surface area contributed by atoms with Crippen LogP contribution in [0.15, 0.2) is 54.6 Å². The number of terminal acetylenes is 1. The van der Waals surface area contributed by atoms with E-state index in [2.05, 4.69) is 113 Å². The summed E-state index contributed by atoms with van der Waals surface area (Å²) in [4.78, 5) is 0. The van der Waals surface area contributed by atoms with Gasteiger partial charge in [-0.05, 0) is 80.2 Å². The Kier molecular flexibility index (Phi) is 6.85. The van der Waals surface area contributed by atoms with Crippen molar-refractivity contribution in [1.82, 2.24) is 4.57 Å². The second kappa shape index (κ2) is 9.10. The number of allylic oxidation sites excluding steroid dienone is 1. The van der Waals surface area contributed by atoms with Crippen LogP contribution in [0.1, 0.15) is 47.0 Å². The Labute approximate surface area is 164 Å². The van der Waals surface area contributed by atoms with Gasteiger partial charge in [0, 0.05) is 17.1 Å². The summed E-state index contributed by atoms with van der Waals surface area (Å²) >= 11 is 0. The lowest BCUT2D eigenvalue weighted by Gasteiger charge is -2.13. The summed E-state index contributed by atoms with van der Waals surface area (Å²) in [6, 6.07) is 19.4. The third-order valence-corrected chi connectivity index (χ3v) is 5.16.